The molecule has 3 aromatic rings. The maximum absolute atomic E-state index is 12.1. The number of hydrogen-bond donors (Lipinski definition) is 0. The molecule has 0 atom stereocenters. The Morgan fingerprint density at radius 2 is 1.91 bits per heavy atom. The van der Waals surface area contributed by atoms with Gasteiger partial charge in [0.05, 0.1) is 6.54 Å². The van der Waals surface area contributed by atoms with E-state index in [0.717, 1.165) is 11.5 Å². The van der Waals surface area contributed by atoms with Crippen molar-refractivity contribution in [2.75, 3.05) is 5.75 Å². The normalized spacial score (nSPS) is 11.4. The second-order valence-corrected chi connectivity index (χ2v) is 6.99. The number of nitrogens with zero attached hydrogens (tertiary/aromatic N) is 3. The van der Waals surface area contributed by atoms with Gasteiger partial charge in [-0.2, -0.15) is 11.8 Å². The topological polar surface area (TPSA) is 39.3 Å². The zero-order valence-electron chi connectivity index (χ0n) is 13.5. The van der Waals surface area contributed by atoms with Crippen molar-refractivity contribution in [1.82, 2.24) is 14.2 Å². The zero-order valence-corrected chi connectivity index (χ0v) is 14.3. The van der Waals surface area contributed by atoms with Crippen molar-refractivity contribution in [2.45, 2.75) is 32.1 Å². The summed E-state index contributed by atoms with van der Waals surface area (Å²) in [4.78, 5) is 12.1. The van der Waals surface area contributed by atoms with Gasteiger partial charge >= 0.3 is 5.69 Å². The largest absolute Gasteiger partial charge is 0.350 e. The molecule has 0 saturated carbocycles. The van der Waals surface area contributed by atoms with Gasteiger partial charge in [-0.1, -0.05) is 44.2 Å². The Morgan fingerprint density at radius 1 is 1.13 bits per heavy atom. The third kappa shape index (κ3) is 3.67. The summed E-state index contributed by atoms with van der Waals surface area (Å²) in [6, 6.07) is 14.4. The van der Waals surface area contributed by atoms with Crippen LogP contribution in [0.5, 0.6) is 0 Å². The lowest BCUT2D eigenvalue weighted by molar-refractivity contribution is 0.639. The van der Waals surface area contributed by atoms with Crippen LogP contribution in [0, 0.1) is 0 Å². The van der Waals surface area contributed by atoms with Crippen molar-refractivity contribution in [3.8, 4) is 0 Å². The van der Waals surface area contributed by atoms with E-state index in [0.29, 0.717) is 18.1 Å². The molecule has 4 nitrogen and oxygen atoms in total. The van der Waals surface area contributed by atoms with Gasteiger partial charge in [-0.05, 0) is 29.2 Å². The van der Waals surface area contributed by atoms with Crippen molar-refractivity contribution < 1.29 is 0 Å². The Morgan fingerprint density at radius 3 is 2.61 bits per heavy atom. The summed E-state index contributed by atoms with van der Waals surface area (Å²) in [7, 11) is 0. The SMILES string of the molecule is CC(C)c1ccc(CSCCn2nc3ccccn3c2=O)cc1. The molecule has 0 saturated heterocycles. The molecule has 120 valence electrons. The van der Waals surface area contributed by atoms with E-state index >= 15 is 0 Å². The van der Waals surface area contributed by atoms with E-state index in [1.807, 2.05) is 30.0 Å². The van der Waals surface area contributed by atoms with Crippen LogP contribution < -0.4 is 5.69 Å². The molecule has 0 fully saturated rings. The molecule has 0 radical (unpaired) electrons. The van der Waals surface area contributed by atoms with E-state index in [-0.39, 0.29) is 5.69 Å². The second kappa shape index (κ2) is 7.04. The number of aromatic nitrogens is 3. The van der Waals surface area contributed by atoms with Crippen molar-refractivity contribution in [3.63, 3.8) is 0 Å². The van der Waals surface area contributed by atoms with Crippen LogP contribution in [-0.2, 0) is 12.3 Å². The minimum Gasteiger partial charge on any atom is -0.250 e. The zero-order chi connectivity index (χ0) is 16.2. The molecule has 0 spiro atoms. The van der Waals surface area contributed by atoms with Gasteiger partial charge in [0.2, 0.25) is 0 Å². The highest BCUT2D eigenvalue weighted by atomic mass is 32.2. The van der Waals surface area contributed by atoms with Gasteiger partial charge < -0.3 is 0 Å². The fraction of sp³-hybridized carbons (Fsp3) is 0.333. The Bertz CT molecular complexity index is 833. The van der Waals surface area contributed by atoms with Crippen LogP contribution in [0.4, 0.5) is 0 Å². The minimum absolute atomic E-state index is 0.0671. The van der Waals surface area contributed by atoms with Gasteiger partial charge in [0.25, 0.3) is 0 Å². The summed E-state index contributed by atoms with van der Waals surface area (Å²) in [6.45, 7) is 5.04. The third-order valence-corrected chi connectivity index (χ3v) is 4.86. The van der Waals surface area contributed by atoms with Crippen molar-refractivity contribution in [2.24, 2.45) is 0 Å². The summed E-state index contributed by atoms with van der Waals surface area (Å²) in [5, 5.41) is 4.34. The highest BCUT2D eigenvalue weighted by molar-refractivity contribution is 7.98. The second-order valence-electron chi connectivity index (χ2n) is 5.88. The first kappa shape index (κ1) is 15.9. The van der Waals surface area contributed by atoms with Crippen LogP contribution in [0.3, 0.4) is 0 Å². The van der Waals surface area contributed by atoms with Gasteiger partial charge in [0.1, 0.15) is 0 Å². The van der Waals surface area contributed by atoms with Crippen LogP contribution in [0.1, 0.15) is 30.9 Å². The summed E-state index contributed by atoms with van der Waals surface area (Å²) < 4.78 is 3.12. The van der Waals surface area contributed by atoms with Crippen LogP contribution in [0.2, 0.25) is 0 Å². The summed E-state index contributed by atoms with van der Waals surface area (Å²) in [5.74, 6) is 2.40. The molecular formula is C18H21N3OS. The molecule has 2 aromatic heterocycles. The fourth-order valence-corrected chi connectivity index (χ4v) is 3.33. The maximum Gasteiger partial charge on any atom is 0.350 e. The number of rotatable bonds is 6. The lowest BCUT2D eigenvalue weighted by atomic mass is 10.0. The van der Waals surface area contributed by atoms with E-state index in [9.17, 15) is 4.79 Å². The fourth-order valence-electron chi connectivity index (χ4n) is 2.45. The standard InChI is InChI=1S/C18H21N3OS/c1-14(2)16-8-6-15(7-9-16)13-23-12-11-21-18(22)20-10-4-3-5-17(20)19-21/h3-10,14H,11-13H2,1-2H3. The van der Waals surface area contributed by atoms with Crippen LogP contribution >= 0.6 is 11.8 Å². The van der Waals surface area contributed by atoms with E-state index in [4.69, 9.17) is 0 Å². The summed E-state index contributed by atoms with van der Waals surface area (Å²) in [6.07, 6.45) is 1.75. The first-order valence-electron chi connectivity index (χ1n) is 7.86. The Kier molecular flexibility index (Phi) is 4.86. The minimum atomic E-state index is -0.0671. The highest BCUT2D eigenvalue weighted by Gasteiger charge is 2.05. The van der Waals surface area contributed by atoms with E-state index in [2.05, 4.69) is 43.2 Å². The molecule has 5 heteroatoms. The number of aryl methyl sites for hydroxylation is 1. The Hall–Kier alpha value is -2.01. The molecule has 2 heterocycles. The molecule has 0 bridgehead atoms. The molecule has 0 aliphatic heterocycles. The molecule has 0 aliphatic carbocycles. The van der Waals surface area contributed by atoms with Crippen molar-refractivity contribution in [3.05, 3.63) is 70.3 Å². The maximum atomic E-state index is 12.1. The number of hydrogen-bond acceptors (Lipinski definition) is 3. The molecule has 0 amide bonds. The molecule has 3 rings (SSSR count). The van der Waals surface area contributed by atoms with Crippen LogP contribution in [-0.4, -0.2) is 19.9 Å². The highest BCUT2D eigenvalue weighted by Crippen LogP contribution is 2.17. The smallest absolute Gasteiger partial charge is 0.250 e. The average molecular weight is 327 g/mol. The number of pyridine rings is 1. The van der Waals surface area contributed by atoms with Crippen molar-refractivity contribution >= 4 is 17.4 Å². The predicted octanol–water partition coefficient (Wildman–Crippen LogP) is 3.55. The first-order chi connectivity index (χ1) is 11.1. The van der Waals surface area contributed by atoms with Gasteiger partial charge in [-0.3, -0.25) is 4.40 Å². The van der Waals surface area contributed by atoms with E-state index in [1.54, 1.807) is 15.3 Å². The third-order valence-electron chi connectivity index (χ3n) is 3.85. The van der Waals surface area contributed by atoms with Gasteiger partial charge in [-0.25, -0.2) is 9.48 Å². The molecule has 0 N–H and O–H groups in total. The number of thioether (sulfide) groups is 1. The molecule has 0 unspecified atom stereocenters. The Balaban J connectivity index is 1.55. The van der Waals surface area contributed by atoms with Gasteiger partial charge in [0.15, 0.2) is 5.65 Å². The predicted molar refractivity (Wildman–Crippen MR) is 96.1 cm³/mol. The van der Waals surface area contributed by atoms with Crippen molar-refractivity contribution in [1.29, 1.82) is 0 Å². The monoisotopic (exact) mass is 327 g/mol. The molecule has 0 aliphatic rings. The van der Waals surface area contributed by atoms with Crippen LogP contribution in [0.15, 0.2) is 53.5 Å². The first-order valence-corrected chi connectivity index (χ1v) is 9.01. The molecule has 23 heavy (non-hydrogen) atoms. The number of fused-ring (bicyclic) bond motifs is 1. The van der Waals surface area contributed by atoms with E-state index < -0.39 is 0 Å². The number of benzene rings is 1. The van der Waals surface area contributed by atoms with Gasteiger partial charge in [0, 0.05) is 17.7 Å². The summed E-state index contributed by atoms with van der Waals surface area (Å²) >= 11 is 1.83. The average Bonchev–Trinajstić information content (AvgIpc) is 2.89. The quantitative estimate of drug-likeness (QED) is 0.650. The summed E-state index contributed by atoms with van der Waals surface area (Å²) in [5.41, 5.74) is 3.33. The van der Waals surface area contributed by atoms with E-state index in [1.165, 1.54) is 11.1 Å². The Labute approximate surface area is 140 Å². The lowest BCUT2D eigenvalue weighted by Gasteiger charge is -2.06. The van der Waals surface area contributed by atoms with Gasteiger partial charge in [-0.15, -0.1) is 5.10 Å². The lowest BCUT2D eigenvalue weighted by Crippen LogP contribution is -2.22. The molecular weight excluding hydrogens is 306 g/mol. The molecule has 1 aromatic carbocycles. The van der Waals surface area contributed by atoms with Crippen LogP contribution in [0.25, 0.3) is 5.65 Å².